The van der Waals surface area contributed by atoms with Crippen LogP contribution in [0.15, 0.2) is 29.4 Å². The van der Waals surface area contributed by atoms with Gasteiger partial charge in [0.1, 0.15) is 5.78 Å². The average molecular weight is 289 g/mol. The Kier molecular flexibility index (Phi) is 4.60. The third kappa shape index (κ3) is 3.10. The van der Waals surface area contributed by atoms with Crippen LogP contribution in [-0.2, 0) is 11.8 Å². The minimum Gasteiger partial charge on any atom is -0.305 e. The summed E-state index contributed by atoms with van der Waals surface area (Å²) in [4.78, 5) is 11.7. The van der Waals surface area contributed by atoms with E-state index in [4.69, 9.17) is 0 Å². The molecule has 2 rings (SSSR count). The van der Waals surface area contributed by atoms with Gasteiger partial charge in [-0.1, -0.05) is 42.4 Å². The van der Waals surface area contributed by atoms with Crippen molar-refractivity contribution in [2.75, 3.05) is 0 Å². The van der Waals surface area contributed by atoms with E-state index < -0.39 is 0 Å². The van der Waals surface area contributed by atoms with E-state index >= 15 is 0 Å². The maximum Gasteiger partial charge on any atom is 0.191 e. The number of thioether (sulfide) groups is 1. The molecule has 1 heterocycles. The fourth-order valence-corrected chi connectivity index (χ4v) is 2.91. The number of hydrogen-bond donors (Lipinski definition) is 0. The van der Waals surface area contributed by atoms with Crippen LogP contribution in [0.5, 0.6) is 0 Å². The topological polar surface area (TPSA) is 47.8 Å². The van der Waals surface area contributed by atoms with E-state index in [1.165, 1.54) is 17.3 Å². The predicted molar refractivity (Wildman–Crippen MR) is 81.8 cm³/mol. The van der Waals surface area contributed by atoms with Crippen molar-refractivity contribution >= 4 is 17.5 Å². The Balaban J connectivity index is 2.25. The quantitative estimate of drug-likeness (QED) is 0.793. The summed E-state index contributed by atoms with van der Waals surface area (Å²) < 4.78 is 1.94. The lowest BCUT2D eigenvalue weighted by molar-refractivity contribution is -0.118. The number of aryl methyl sites for hydroxylation is 1. The number of hydrogen-bond acceptors (Lipinski definition) is 4. The van der Waals surface area contributed by atoms with Gasteiger partial charge in [-0.2, -0.15) is 0 Å². The largest absolute Gasteiger partial charge is 0.305 e. The van der Waals surface area contributed by atoms with Crippen LogP contribution in [0.25, 0.3) is 11.4 Å². The number of rotatable bonds is 5. The Morgan fingerprint density at radius 3 is 2.80 bits per heavy atom. The molecule has 106 valence electrons. The molecule has 0 aliphatic heterocycles. The SMILES string of the molecule is CCC(=O)C(C)Sc1nnc(-c2cccc(C)c2)n1C. The molecule has 0 amide bonds. The maximum atomic E-state index is 11.7. The molecule has 0 saturated carbocycles. The van der Waals surface area contributed by atoms with Gasteiger partial charge in [0.2, 0.25) is 0 Å². The normalized spacial score (nSPS) is 12.4. The third-order valence-electron chi connectivity index (χ3n) is 3.20. The zero-order valence-electron chi connectivity index (χ0n) is 12.3. The first-order chi connectivity index (χ1) is 9.52. The molecular weight excluding hydrogens is 270 g/mol. The molecule has 0 saturated heterocycles. The lowest BCUT2D eigenvalue weighted by Gasteiger charge is -2.08. The lowest BCUT2D eigenvalue weighted by atomic mass is 10.1. The molecule has 0 aliphatic rings. The van der Waals surface area contributed by atoms with E-state index in [2.05, 4.69) is 29.3 Å². The molecular formula is C15H19N3OS. The average Bonchev–Trinajstić information content (AvgIpc) is 2.79. The Bertz CT molecular complexity index is 621. The summed E-state index contributed by atoms with van der Waals surface area (Å²) >= 11 is 1.46. The van der Waals surface area contributed by atoms with E-state index in [1.807, 2.05) is 37.6 Å². The summed E-state index contributed by atoms with van der Waals surface area (Å²) in [6.07, 6.45) is 0.552. The summed E-state index contributed by atoms with van der Waals surface area (Å²) in [5, 5.41) is 9.13. The molecule has 20 heavy (non-hydrogen) atoms. The predicted octanol–water partition coefficient (Wildman–Crippen LogP) is 3.25. The van der Waals surface area contributed by atoms with E-state index in [1.54, 1.807) is 0 Å². The van der Waals surface area contributed by atoms with Gasteiger partial charge in [-0.25, -0.2) is 0 Å². The summed E-state index contributed by atoms with van der Waals surface area (Å²) in [5.41, 5.74) is 2.23. The summed E-state index contributed by atoms with van der Waals surface area (Å²) in [7, 11) is 1.93. The van der Waals surface area contributed by atoms with E-state index in [0.717, 1.165) is 16.5 Å². The van der Waals surface area contributed by atoms with E-state index in [-0.39, 0.29) is 11.0 Å². The van der Waals surface area contributed by atoms with Crippen molar-refractivity contribution in [2.45, 2.75) is 37.6 Å². The monoisotopic (exact) mass is 289 g/mol. The van der Waals surface area contributed by atoms with Crippen LogP contribution < -0.4 is 0 Å². The maximum absolute atomic E-state index is 11.7. The Morgan fingerprint density at radius 1 is 1.40 bits per heavy atom. The molecule has 0 bridgehead atoms. The Hall–Kier alpha value is -1.62. The molecule has 1 aromatic heterocycles. The van der Waals surface area contributed by atoms with E-state index in [0.29, 0.717) is 6.42 Å². The highest BCUT2D eigenvalue weighted by Crippen LogP contribution is 2.26. The molecule has 5 heteroatoms. The van der Waals surface area contributed by atoms with Gasteiger partial charge in [0.05, 0.1) is 5.25 Å². The van der Waals surface area contributed by atoms with Gasteiger partial charge in [-0.15, -0.1) is 10.2 Å². The number of carbonyl (C=O) groups excluding carboxylic acids is 1. The number of ketones is 1. The second-order valence-electron chi connectivity index (χ2n) is 4.81. The van der Waals surface area contributed by atoms with E-state index in [9.17, 15) is 4.79 Å². The lowest BCUT2D eigenvalue weighted by Crippen LogP contribution is -2.12. The minimum absolute atomic E-state index is 0.0896. The van der Waals surface area contributed by atoms with Gasteiger partial charge in [0, 0.05) is 19.0 Å². The van der Waals surface area contributed by atoms with Crippen molar-refractivity contribution in [3.05, 3.63) is 29.8 Å². The fraction of sp³-hybridized carbons (Fsp3) is 0.400. The highest BCUT2D eigenvalue weighted by Gasteiger charge is 2.17. The standard InChI is InChI=1S/C15H19N3OS/c1-5-13(19)11(3)20-15-17-16-14(18(15)4)12-8-6-7-10(2)9-12/h6-9,11H,5H2,1-4H3. The summed E-state index contributed by atoms with van der Waals surface area (Å²) in [5.74, 6) is 1.06. The highest BCUT2D eigenvalue weighted by atomic mass is 32.2. The minimum atomic E-state index is -0.0896. The van der Waals surface area contributed by atoms with Crippen LogP contribution in [0.3, 0.4) is 0 Å². The number of Topliss-reactive ketones (excluding diaryl/α,β-unsaturated/α-hetero) is 1. The van der Waals surface area contributed by atoms with Gasteiger partial charge >= 0.3 is 0 Å². The first-order valence-electron chi connectivity index (χ1n) is 6.68. The molecule has 0 fully saturated rings. The Morgan fingerprint density at radius 2 is 2.15 bits per heavy atom. The number of benzene rings is 1. The van der Waals surface area contributed by atoms with Gasteiger partial charge in [0.25, 0.3) is 0 Å². The molecule has 0 N–H and O–H groups in total. The smallest absolute Gasteiger partial charge is 0.191 e. The zero-order valence-corrected chi connectivity index (χ0v) is 13.1. The van der Waals surface area contributed by atoms with Crippen molar-refractivity contribution in [3.8, 4) is 11.4 Å². The second kappa shape index (κ2) is 6.22. The fourth-order valence-electron chi connectivity index (χ4n) is 1.96. The third-order valence-corrected chi connectivity index (χ3v) is 4.38. The summed E-state index contributed by atoms with van der Waals surface area (Å²) in [6.45, 7) is 5.85. The van der Waals surface area contributed by atoms with Crippen LogP contribution in [0.2, 0.25) is 0 Å². The molecule has 1 atom stereocenters. The molecule has 2 aromatic rings. The van der Waals surface area contributed by atoms with Crippen LogP contribution in [0.4, 0.5) is 0 Å². The van der Waals surface area contributed by atoms with Crippen LogP contribution >= 0.6 is 11.8 Å². The highest BCUT2D eigenvalue weighted by molar-refractivity contribution is 8.00. The Labute approximate surface area is 123 Å². The van der Waals surface area contributed by atoms with Crippen LogP contribution in [0.1, 0.15) is 25.8 Å². The molecule has 0 spiro atoms. The van der Waals surface area contributed by atoms with Gasteiger partial charge < -0.3 is 4.57 Å². The van der Waals surface area contributed by atoms with Crippen LogP contribution in [0, 0.1) is 6.92 Å². The van der Waals surface area contributed by atoms with Gasteiger partial charge in [-0.3, -0.25) is 4.79 Å². The first kappa shape index (κ1) is 14.8. The first-order valence-corrected chi connectivity index (χ1v) is 7.56. The molecule has 0 radical (unpaired) electrons. The molecule has 4 nitrogen and oxygen atoms in total. The molecule has 1 aromatic carbocycles. The van der Waals surface area contributed by atoms with Crippen molar-refractivity contribution in [2.24, 2.45) is 7.05 Å². The van der Waals surface area contributed by atoms with Crippen molar-refractivity contribution < 1.29 is 4.79 Å². The van der Waals surface area contributed by atoms with Crippen molar-refractivity contribution in [3.63, 3.8) is 0 Å². The van der Waals surface area contributed by atoms with Crippen LogP contribution in [-0.4, -0.2) is 25.8 Å². The number of aromatic nitrogens is 3. The molecule has 0 aliphatic carbocycles. The number of carbonyl (C=O) groups is 1. The van der Waals surface area contributed by atoms with Crippen molar-refractivity contribution in [1.29, 1.82) is 0 Å². The van der Waals surface area contributed by atoms with Crippen molar-refractivity contribution in [1.82, 2.24) is 14.8 Å². The summed E-state index contributed by atoms with van der Waals surface area (Å²) in [6, 6.07) is 8.16. The van der Waals surface area contributed by atoms with Gasteiger partial charge in [0.15, 0.2) is 11.0 Å². The number of nitrogens with zero attached hydrogens (tertiary/aromatic N) is 3. The second-order valence-corrected chi connectivity index (χ2v) is 6.12. The van der Waals surface area contributed by atoms with Gasteiger partial charge in [-0.05, 0) is 19.9 Å². The molecule has 1 unspecified atom stereocenters. The zero-order chi connectivity index (χ0) is 14.7.